The van der Waals surface area contributed by atoms with E-state index in [0.717, 1.165) is 12.8 Å². The molecule has 2 N–H and O–H groups in total. The molecular weight excluding hydrogens is 256 g/mol. The maximum atomic E-state index is 12.1. The minimum Gasteiger partial charge on any atom is -0.481 e. The molecule has 0 aromatic carbocycles. The van der Waals surface area contributed by atoms with Gasteiger partial charge in [-0.2, -0.15) is 17.4 Å². The van der Waals surface area contributed by atoms with E-state index >= 15 is 0 Å². The zero-order valence-corrected chi connectivity index (χ0v) is 11.4. The van der Waals surface area contributed by atoms with E-state index in [1.807, 2.05) is 0 Å². The standard InChI is InChI=1S/C11H20N2O4S/c1-2-11(10(14)15)6-3-7-13(8-11)18(16,17)12-9-4-5-9/h9,12H,2-8H2,1H3,(H,14,15). The number of carbonyl (C=O) groups is 1. The van der Waals surface area contributed by atoms with Gasteiger partial charge < -0.3 is 5.11 Å². The SMILES string of the molecule is CCC1(C(=O)O)CCCN(S(=O)(=O)NC2CC2)C1. The molecule has 0 spiro atoms. The fraction of sp³-hybridized carbons (Fsp3) is 0.909. The molecule has 0 aromatic rings. The van der Waals surface area contributed by atoms with E-state index in [4.69, 9.17) is 0 Å². The van der Waals surface area contributed by atoms with E-state index < -0.39 is 21.6 Å². The Kier molecular flexibility index (Phi) is 3.66. The first-order valence-electron chi connectivity index (χ1n) is 6.40. The normalized spacial score (nSPS) is 30.3. The summed E-state index contributed by atoms with van der Waals surface area (Å²) in [6, 6.07) is 0.0535. The van der Waals surface area contributed by atoms with Crippen molar-refractivity contribution in [1.82, 2.24) is 9.03 Å². The first-order valence-corrected chi connectivity index (χ1v) is 7.84. The number of rotatable bonds is 5. The molecule has 0 radical (unpaired) electrons. The zero-order chi connectivity index (χ0) is 13.4. The number of hydrogen-bond donors (Lipinski definition) is 2. The van der Waals surface area contributed by atoms with E-state index in [2.05, 4.69) is 4.72 Å². The fourth-order valence-corrected chi connectivity index (χ4v) is 3.99. The van der Waals surface area contributed by atoms with Crippen molar-refractivity contribution >= 4 is 16.2 Å². The van der Waals surface area contributed by atoms with Gasteiger partial charge >= 0.3 is 5.97 Å². The Labute approximate surface area is 108 Å². The van der Waals surface area contributed by atoms with E-state index in [9.17, 15) is 18.3 Å². The Morgan fingerprint density at radius 2 is 2.17 bits per heavy atom. The van der Waals surface area contributed by atoms with Crippen LogP contribution in [0.25, 0.3) is 0 Å². The Hall–Kier alpha value is -0.660. The molecular formula is C11H20N2O4S. The topological polar surface area (TPSA) is 86.7 Å². The van der Waals surface area contributed by atoms with Gasteiger partial charge in [-0.15, -0.1) is 0 Å². The van der Waals surface area contributed by atoms with Crippen LogP contribution in [0.3, 0.4) is 0 Å². The van der Waals surface area contributed by atoms with Gasteiger partial charge in [0, 0.05) is 19.1 Å². The third-order valence-corrected chi connectivity index (χ3v) is 5.53. The molecule has 2 fully saturated rings. The van der Waals surface area contributed by atoms with E-state index in [0.29, 0.717) is 25.8 Å². The number of aliphatic carboxylic acids is 1. The maximum Gasteiger partial charge on any atom is 0.310 e. The molecule has 6 nitrogen and oxygen atoms in total. The average Bonchev–Trinajstić information content (AvgIpc) is 3.12. The van der Waals surface area contributed by atoms with Gasteiger partial charge in [-0.3, -0.25) is 4.79 Å². The number of carboxylic acid groups (broad SMARTS) is 1. The molecule has 2 rings (SSSR count). The molecule has 0 amide bonds. The molecule has 1 saturated heterocycles. The summed E-state index contributed by atoms with van der Waals surface area (Å²) >= 11 is 0. The summed E-state index contributed by atoms with van der Waals surface area (Å²) in [5.74, 6) is -0.892. The van der Waals surface area contributed by atoms with Crippen LogP contribution in [0.5, 0.6) is 0 Å². The second kappa shape index (κ2) is 4.79. The predicted octanol–water partition coefficient (Wildman–Crippen LogP) is 0.560. The van der Waals surface area contributed by atoms with Gasteiger partial charge in [-0.1, -0.05) is 6.92 Å². The molecule has 2 aliphatic rings. The molecule has 0 aromatic heterocycles. The lowest BCUT2D eigenvalue weighted by Crippen LogP contribution is -2.52. The van der Waals surface area contributed by atoms with Crippen LogP contribution in [-0.2, 0) is 15.0 Å². The third kappa shape index (κ3) is 2.67. The summed E-state index contributed by atoms with van der Waals surface area (Å²) in [4.78, 5) is 11.4. The van der Waals surface area contributed by atoms with Gasteiger partial charge in [0.05, 0.1) is 5.41 Å². The van der Waals surface area contributed by atoms with Gasteiger partial charge in [0.15, 0.2) is 0 Å². The summed E-state index contributed by atoms with van der Waals surface area (Å²) < 4.78 is 28.1. The first kappa shape index (κ1) is 13.8. The van der Waals surface area contributed by atoms with Gasteiger partial charge in [0.1, 0.15) is 0 Å². The smallest absolute Gasteiger partial charge is 0.310 e. The summed E-state index contributed by atoms with van der Waals surface area (Å²) in [5, 5.41) is 9.32. The van der Waals surface area contributed by atoms with Crippen LogP contribution in [0.15, 0.2) is 0 Å². The number of carboxylic acids is 1. The van der Waals surface area contributed by atoms with Crippen LogP contribution in [-0.4, -0.2) is 42.9 Å². The van der Waals surface area contributed by atoms with Gasteiger partial charge in [0.25, 0.3) is 10.2 Å². The highest BCUT2D eigenvalue weighted by molar-refractivity contribution is 7.87. The van der Waals surface area contributed by atoms with E-state index in [1.54, 1.807) is 6.92 Å². The largest absolute Gasteiger partial charge is 0.481 e. The molecule has 104 valence electrons. The second-order valence-corrected chi connectivity index (χ2v) is 6.98. The quantitative estimate of drug-likeness (QED) is 0.768. The van der Waals surface area contributed by atoms with E-state index in [1.165, 1.54) is 4.31 Å². The number of nitrogens with zero attached hydrogens (tertiary/aromatic N) is 1. The first-order chi connectivity index (χ1) is 8.39. The van der Waals surface area contributed by atoms with Crippen LogP contribution >= 0.6 is 0 Å². The predicted molar refractivity (Wildman–Crippen MR) is 66.2 cm³/mol. The number of piperidine rings is 1. The van der Waals surface area contributed by atoms with Crippen LogP contribution in [0.4, 0.5) is 0 Å². The molecule has 7 heteroatoms. The lowest BCUT2D eigenvalue weighted by atomic mass is 9.78. The van der Waals surface area contributed by atoms with Crippen LogP contribution in [0, 0.1) is 5.41 Å². The van der Waals surface area contributed by atoms with Crippen molar-refractivity contribution in [2.45, 2.75) is 45.1 Å². The van der Waals surface area contributed by atoms with Crippen molar-refractivity contribution in [1.29, 1.82) is 0 Å². The highest BCUT2D eigenvalue weighted by atomic mass is 32.2. The molecule has 0 bridgehead atoms. The molecule has 1 aliphatic heterocycles. The van der Waals surface area contributed by atoms with Gasteiger partial charge in [0.2, 0.25) is 0 Å². The molecule has 1 aliphatic carbocycles. The van der Waals surface area contributed by atoms with Crippen LogP contribution in [0.2, 0.25) is 0 Å². The number of nitrogens with one attached hydrogen (secondary N) is 1. The Bertz CT molecular complexity index is 432. The highest BCUT2D eigenvalue weighted by Crippen LogP contribution is 2.35. The van der Waals surface area contributed by atoms with Crippen molar-refractivity contribution in [2.75, 3.05) is 13.1 Å². The third-order valence-electron chi connectivity index (χ3n) is 3.91. The molecule has 1 saturated carbocycles. The monoisotopic (exact) mass is 276 g/mol. The lowest BCUT2D eigenvalue weighted by Gasteiger charge is -2.38. The van der Waals surface area contributed by atoms with Crippen molar-refractivity contribution in [2.24, 2.45) is 5.41 Å². The average molecular weight is 276 g/mol. The zero-order valence-electron chi connectivity index (χ0n) is 10.6. The number of hydrogen-bond acceptors (Lipinski definition) is 3. The van der Waals surface area contributed by atoms with Crippen LogP contribution in [0.1, 0.15) is 39.0 Å². The Morgan fingerprint density at radius 3 is 2.67 bits per heavy atom. The lowest BCUT2D eigenvalue weighted by molar-refractivity contribution is -0.151. The van der Waals surface area contributed by atoms with Crippen molar-refractivity contribution in [3.8, 4) is 0 Å². The summed E-state index contributed by atoms with van der Waals surface area (Å²) in [6.45, 7) is 2.30. The molecule has 18 heavy (non-hydrogen) atoms. The molecule has 1 unspecified atom stereocenters. The van der Waals surface area contributed by atoms with Gasteiger partial charge in [-0.25, -0.2) is 0 Å². The summed E-state index contributed by atoms with van der Waals surface area (Å²) in [7, 11) is -3.51. The summed E-state index contributed by atoms with van der Waals surface area (Å²) in [5.41, 5.74) is -0.920. The van der Waals surface area contributed by atoms with Crippen molar-refractivity contribution < 1.29 is 18.3 Å². The molecule has 1 heterocycles. The molecule has 1 atom stereocenters. The highest BCUT2D eigenvalue weighted by Gasteiger charge is 2.44. The maximum absolute atomic E-state index is 12.1. The summed E-state index contributed by atoms with van der Waals surface area (Å²) in [6.07, 6.45) is 3.37. The Balaban J connectivity index is 2.12. The minimum atomic E-state index is -3.51. The van der Waals surface area contributed by atoms with E-state index in [-0.39, 0.29) is 12.6 Å². The second-order valence-electron chi connectivity index (χ2n) is 5.27. The van der Waals surface area contributed by atoms with Gasteiger partial charge in [-0.05, 0) is 32.1 Å². The fourth-order valence-electron chi connectivity index (χ4n) is 2.40. The minimum absolute atomic E-state index is 0.0535. The Morgan fingerprint density at radius 1 is 1.50 bits per heavy atom. The van der Waals surface area contributed by atoms with Crippen molar-refractivity contribution in [3.63, 3.8) is 0 Å². The van der Waals surface area contributed by atoms with Crippen LogP contribution < -0.4 is 4.72 Å². The van der Waals surface area contributed by atoms with Crippen molar-refractivity contribution in [3.05, 3.63) is 0 Å².